The minimum Gasteiger partial charge on any atom is -1.00 e. The molecule has 72 valence electrons. The third kappa shape index (κ3) is 2.86. The third-order valence-corrected chi connectivity index (χ3v) is 2.39. The number of hydrogen-bond donors (Lipinski definition) is 1. The molecule has 0 atom stereocenters. The van der Waals surface area contributed by atoms with Crippen molar-refractivity contribution in [1.29, 1.82) is 0 Å². The number of benzene rings is 1. The molecule has 0 aliphatic carbocycles. The van der Waals surface area contributed by atoms with Gasteiger partial charge in [0.25, 0.3) is 0 Å². The molecule has 0 fully saturated rings. The Kier molecular flexibility index (Phi) is 5.37. The van der Waals surface area contributed by atoms with E-state index in [1.165, 1.54) is 17.8 Å². The van der Waals surface area contributed by atoms with Crippen LogP contribution in [0.25, 0.3) is 0 Å². The summed E-state index contributed by atoms with van der Waals surface area (Å²) in [7, 11) is 0. The van der Waals surface area contributed by atoms with Crippen molar-refractivity contribution in [3.63, 3.8) is 0 Å². The fourth-order valence-electron chi connectivity index (χ4n) is 0.835. The SMILES string of the molecule is CSC(=[NH2+])c1c(F)cccc1Cl.[Cl-]. The molecule has 0 aliphatic rings. The number of hydrogen-bond acceptors (Lipinski definition) is 1. The van der Waals surface area contributed by atoms with Crippen LogP contribution in [0.15, 0.2) is 18.2 Å². The van der Waals surface area contributed by atoms with E-state index in [1.54, 1.807) is 18.4 Å². The molecule has 0 aromatic heterocycles. The van der Waals surface area contributed by atoms with E-state index in [2.05, 4.69) is 0 Å². The monoisotopic (exact) mass is 239 g/mol. The summed E-state index contributed by atoms with van der Waals surface area (Å²) in [6.45, 7) is 0. The van der Waals surface area contributed by atoms with Gasteiger partial charge in [-0.25, -0.2) is 9.80 Å². The average Bonchev–Trinajstić information content (AvgIpc) is 2.03. The first-order chi connectivity index (χ1) is 5.66. The second-order valence-electron chi connectivity index (χ2n) is 2.17. The second-order valence-corrected chi connectivity index (χ2v) is 3.42. The van der Waals surface area contributed by atoms with Gasteiger partial charge in [0.05, 0.1) is 5.02 Å². The van der Waals surface area contributed by atoms with Crippen LogP contribution in [0.1, 0.15) is 5.56 Å². The lowest BCUT2D eigenvalue weighted by atomic mass is 10.2. The van der Waals surface area contributed by atoms with Crippen molar-refractivity contribution in [3.05, 3.63) is 34.6 Å². The topological polar surface area (TPSA) is 25.6 Å². The standard InChI is InChI=1S/C8H7ClFNS.ClH/c1-12-8(11)7-5(9)3-2-4-6(7)10;/h2-4,11H,1H3;1H. The molecule has 13 heavy (non-hydrogen) atoms. The van der Waals surface area contributed by atoms with Crippen LogP contribution in [0.2, 0.25) is 5.02 Å². The average molecular weight is 240 g/mol. The number of rotatable bonds is 1. The maximum Gasteiger partial charge on any atom is 0.243 e. The largest absolute Gasteiger partial charge is 1.00 e. The predicted molar refractivity (Wildman–Crippen MR) is 51.0 cm³/mol. The minimum absolute atomic E-state index is 0. The summed E-state index contributed by atoms with van der Waals surface area (Å²) in [5.74, 6) is -0.380. The van der Waals surface area contributed by atoms with E-state index in [-0.39, 0.29) is 18.2 Å². The Morgan fingerprint density at radius 3 is 2.62 bits per heavy atom. The molecular formula is C8H8Cl2FNS. The van der Waals surface area contributed by atoms with Gasteiger partial charge in [0.1, 0.15) is 11.4 Å². The Bertz CT molecular complexity index is 297. The summed E-state index contributed by atoms with van der Waals surface area (Å²) in [5.41, 5.74) is 0.298. The van der Waals surface area contributed by atoms with Gasteiger partial charge in [-0.3, -0.25) is 0 Å². The summed E-state index contributed by atoms with van der Waals surface area (Å²) >= 11 is 7.03. The van der Waals surface area contributed by atoms with Gasteiger partial charge in [-0.2, -0.15) is 0 Å². The van der Waals surface area contributed by atoms with Gasteiger partial charge in [-0.05, 0) is 18.4 Å². The number of nitrogens with two attached hydrogens (primary N) is 1. The van der Waals surface area contributed by atoms with Crippen molar-refractivity contribution in [1.82, 2.24) is 0 Å². The molecule has 0 unspecified atom stereocenters. The molecule has 5 heteroatoms. The van der Waals surface area contributed by atoms with Crippen LogP contribution in [0.4, 0.5) is 4.39 Å². The van der Waals surface area contributed by atoms with Gasteiger partial charge in [0, 0.05) is 0 Å². The van der Waals surface area contributed by atoms with E-state index in [1.807, 2.05) is 0 Å². The minimum atomic E-state index is -0.380. The summed E-state index contributed by atoms with van der Waals surface area (Å²) in [6, 6.07) is 4.50. The van der Waals surface area contributed by atoms with Crippen molar-refractivity contribution in [2.24, 2.45) is 0 Å². The first kappa shape index (κ1) is 12.8. The summed E-state index contributed by atoms with van der Waals surface area (Å²) in [4.78, 5) is 0. The molecule has 0 heterocycles. The predicted octanol–water partition coefficient (Wildman–Crippen LogP) is -1.65. The van der Waals surface area contributed by atoms with Gasteiger partial charge < -0.3 is 12.4 Å². The Morgan fingerprint density at radius 1 is 1.54 bits per heavy atom. The maximum absolute atomic E-state index is 13.1. The van der Waals surface area contributed by atoms with Gasteiger partial charge in [0.15, 0.2) is 0 Å². The van der Waals surface area contributed by atoms with Crippen molar-refractivity contribution in [2.75, 3.05) is 6.26 Å². The van der Waals surface area contributed by atoms with Gasteiger partial charge in [-0.15, -0.1) is 0 Å². The van der Waals surface area contributed by atoms with Crippen molar-refractivity contribution in [2.45, 2.75) is 0 Å². The fraction of sp³-hybridized carbons (Fsp3) is 0.125. The molecule has 0 bridgehead atoms. The van der Waals surface area contributed by atoms with Crippen molar-refractivity contribution < 1.29 is 22.2 Å². The van der Waals surface area contributed by atoms with E-state index in [0.717, 1.165) is 0 Å². The molecule has 1 aromatic carbocycles. The maximum atomic E-state index is 13.1. The molecular weight excluding hydrogens is 232 g/mol. The fourth-order valence-corrected chi connectivity index (χ4v) is 1.57. The highest BCUT2D eigenvalue weighted by Gasteiger charge is 2.15. The first-order valence-corrected chi connectivity index (χ1v) is 4.88. The Balaban J connectivity index is 0.00000144. The summed E-state index contributed by atoms with van der Waals surface area (Å²) < 4.78 is 13.1. The van der Waals surface area contributed by atoms with Crippen LogP contribution >= 0.6 is 23.4 Å². The molecule has 0 amide bonds. The van der Waals surface area contributed by atoms with Crippen LogP contribution in [0.3, 0.4) is 0 Å². The zero-order valence-corrected chi connectivity index (χ0v) is 9.18. The molecule has 1 nitrogen and oxygen atoms in total. The van der Waals surface area contributed by atoms with E-state index in [0.29, 0.717) is 15.6 Å². The number of halogens is 3. The Labute approximate surface area is 91.6 Å². The van der Waals surface area contributed by atoms with Crippen LogP contribution in [-0.2, 0) is 0 Å². The third-order valence-electron chi connectivity index (χ3n) is 1.43. The Morgan fingerprint density at radius 2 is 2.15 bits per heavy atom. The van der Waals surface area contributed by atoms with Gasteiger partial charge in [-0.1, -0.05) is 29.4 Å². The Hall–Kier alpha value is -0.250. The summed E-state index contributed by atoms with van der Waals surface area (Å²) in [6.07, 6.45) is 1.78. The van der Waals surface area contributed by atoms with Crippen LogP contribution in [0.5, 0.6) is 0 Å². The first-order valence-electron chi connectivity index (χ1n) is 3.27. The highest BCUT2D eigenvalue weighted by molar-refractivity contribution is 8.13. The molecule has 2 N–H and O–H groups in total. The van der Waals surface area contributed by atoms with Crippen LogP contribution in [-0.4, -0.2) is 11.3 Å². The number of thioether (sulfide) groups is 1. The smallest absolute Gasteiger partial charge is 0.243 e. The van der Waals surface area contributed by atoms with Crippen LogP contribution < -0.4 is 17.8 Å². The highest BCUT2D eigenvalue weighted by atomic mass is 35.5. The summed E-state index contributed by atoms with van der Waals surface area (Å²) in [5, 5.41) is 6.30. The zero-order valence-electron chi connectivity index (χ0n) is 6.85. The molecule has 0 radical (unpaired) electrons. The van der Waals surface area contributed by atoms with Gasteiger partial charge in [0.2, 0.25) is 5.04 Å². The van der Waals surface area contributed by atoms with Crippen molar-refractivity contribution >= 4 is 28.4 Å². The quantitative estimate of drug-likeness (QED) is 0.462. The normalized spacial score (nSPS) is 9.15. The molecule has 0 aliphatic heterocycles. The second kappa shape index (κ2) is 5.47. The van der Waals surface area contributed by atoms with E-state index >= 15 is 0 Å². The lowest BCUT2D eigenvalue weighted by Gasteiger charge is -1.99. The molecule has 1 rings (SSSR count). The molecule has 0 saturated carbocycles. The molecule has 1 aromatic rings. The van der Waals surface area contributed by atoms with E-state index in [9.17, 15) is 4.39 Å². The molecule has 0 saturated heterocycles. The van der Waals surface area contributed by atoms with Crippen LogP contribution in [0, 0.1) is 5.82 Å². The van der Waals surface area contributed by atoms with Crippen molar-refractivity contribution in [3.8, 4) is 0 Å². The lowest BCUT2D eigenvalue weighted by molar-refractivity contribution is -0.107. The van der Waals surface area contributed by atoms with E-state index in [4.69, 9.17) is 17.0 Å². The van der Waals surface area contributed by atoms with E-state index < -0.39 is 0 Å². The lowest BCUT2D eigenvalue weighted by Crippen LogP contribution is -3.00. The molecule has 0 spiro atoms. The zero-order chi connectivity index (χ0) is 9.14. The van der Waals surface area contributed by atoms with Gasteiger partial charge >= 0.3 is 0 Å². The highest BCUT2D eigenvalue weighted by Crippen LogP contribution is 2.21.